The molecule has 0 spiro atoms. The first-order chi connectivity index (χ1) is 16.3. The van der Waals surface area contributed by atoms with E-state index in [9.17, 15) is 17.6 Å². The van der Waals surface area contributed by atoms with E-state index < -0.39 is 59.1 Å². The Hall–Kier alpha value is -3.16. The first-order valence-corrected chi connectivity index (χ1v) is 10.9. The van der Waals surface area contributed by atoms with E-state index in [-0.39, 0.29) is 34.6 Å². The number of benzene rings is 3. The van der Waals surface area contributed by atoms with Gasteiger partial charge in [-0.25, -0.2) is 22.0 Å². The molecule has 0 bridgehead atoms. The van der Waals surface area contributed by atoms with Crippen molar-refractivity contribution in [2.75, 3.05) is 6.61 Å². The molecule has 0 N–H and O–H groups in total. The van der Waals surface area contributed by atoms with Crippen LogP contribution in [-0.4, -0.2) is 6.61 Å². The van der Waals surface area contributed by atoms with Crippen LogP contribution in [-0.2, 0) is 13.0 Å². The minimum atomic E-state index is -2.48. The molecule has 3 aromatic carbocycles. The fourth-order valence-corrected chi connectivity index (χ4v) is 4.19. The Morgan fingerprint density at radius 2 is 1.21 bits per heavy atom. The van der Waals surface area contributed by atoms with E-state index in [1.807, 2.05) is 6.92 Å². The average Bonchev–Trinajstić information content (AvgIpc) is 2.82. The zero-order valence-electron chi connectivity index (χ0n) is 18.5. The van der Waals surface area contributed by atoms with Crippen LogP contribution in [0.3, 0.4) is 0 Å². The minimum absolute atomic E-state index is 0.000687. The zero-order chi connectivity index (χ0) is 24.6. The predicted octanol–water partition coefficient (Wildman–Crippen LogP) is 7.88. The van der Waals surface area contributed by atoms with Gasteiger partial charge >= 0.3 is 0 Å². The van der Waals surface area contributed by atoms with Crippen molar-refractivity contribution in [3.05, 3.63) is 81.9 Å². The van der Waals surface area contributed by atoms with Gasteiger partial charge in [-0.15, -0.1) is 0 Å². The Morgan fingerprint density at radius 1 is 0.647 bits per heavy atom. The maximum atomic E-state index is 15.2. The summed E-state index contributed by atoms with van der Waals surface area (Å²) in [7, 11) is 0. The largest absolute Gasteiger partial charge is 0.491 e. The van der Waals surface area contributed by atoms with Crippen LogP contribution in [0.15, 0.2) is 36.4 Å². The Morgan fingerprint density at radius 3 is 1.85 bits per heavy atom. The third kappa shape index (κ3) is 3.99. The number of ether oxygens (including phenoxy) is 2. The highest BCUT2D eigenvalue weighted by Crippen LogP contribution is 2.51. The molecule has 1 aliphatic rings. The normalized spacial score (nSPS) is 16.7. The summed E-state index contributed by atoms with van der Waals surface area (Å²) >= 11 is 0. The van der Waals surface area contributed by atoms with E-state index in [0.717, 1.165) is 0 Å². The number of aryl methyl sites for hydroxylation is 1. The van der Waals surface area contributed by atoms with Gasteiger partial charge in [-0.05, 0) is 42.2 Å². The highest BCUT2D eigenvalue weighted by atomic mass is 19.2. The molecule has 0 amide bonds. The third-order valence-electron chi connectivity index (χ3n) is 5.83. The monoisotopic (exact) mass is 480 g/mol. The number of halogens is 6. The Bertz CT molecular complexity index is 1230. The Labute approximate surface area is 193 Å². The van der Waals surface area contributed by atoms with Crippen molar-refractivity contribution in [1.82, 2.24) is 0 Å². The lowest BCUT2D eigenvalue weighted by molar-refractivity contribution is 0.158. The summed E-state index contributed by atoms with van der Waals surface area (Å²) in [6, 6.07) is 7.85. The summed E-state index contributed by atoms with van der Waals surface area (Å²) in [5.41, 5.74) is -1.07. The van der Waals surface area contributed by atoms with Crippen LogP contribution in [0.4, 0.5) is 26.3 Å². The molecule has 0 fully saturated rings. The molecule has 3 aromatic rings. The first-order valence-electron chi connectivity index (χ1n) is 10.9. The molecule has 180 valence electrons. The molecule has 1 aliphatic carbocycles. The first kappa shape index (κ1) is 24.0. The molecular formula is C26H22F6O2. The lowest BCUT2D eigenvalue weighted by Gasteiger charge is -2.28. The molecule has 0 saturated heterocycles. The van der Waals surface area contributed by atoms with Crippen molar-refractivity contribution >= 4 is 0 Å². The third-order valence-corrected chi connectivity index (χ3v) is 5.83. The lowest BCUT2D eigenvalue weighted by Crippen LogP contribution is -2.17. The van der Waals surface area contributed by atoms with Crippen LogP contribution < -0.4 is 9.47 Å². The van der Waals surface area contributed by atoms with Crippen molar-refractivity contribution < 1.29 is 35.8 Å². The Balaban J connectivity index is 1.68. The van der Waals surface area contributed by atoms with Crippen molar-refractivity contribution in [1.29, 1.82) is 0 Å². The second-order valence-corrected chi connectivity index (χ2v) is 7.96. The predicted molar refractivity (Wildman–Crippen MR) is 115 cm³/mol. The maximum absolute atomic E-state index is 15.2. The molecule has 4 rings (SSSR count). The molecule has 2 atom stereocenters. The van der Waals surface area contributed by atoms with Crippen LogP contribution in [0.5, 0.6) is 11.5 Å². The summed E-state index contributed by atoms with van der Waals surface area (Å²) in [4.78, 5) is 0. The van der Waals surface area contributed by atoms with Crippen LogP contribution in [0, 0.1) is 23.3 Å². The lowest BCUT2D eigenvalue weighted by atomic mass is 9.81. The van der Waals surface area contributed by atoms with Crippen molar-refractivity contribution in [2.45, 2.75) is 45.6 Å². The number of rotatable bonds is 7. The molecule has 0 aliphatic heterocycles. The highest BCUT2D eigenvalue weighted by molar-refractivity contribution is 5.76. The van der Waals surface area contributed by atoms with E-state index in [0.29, 0.717) is 12.8 Å². The number of fused-ring (bicyclic) bond motifs is 3. The van der Waals surface area contributed by atoms with E-state index in [4.69, 9.17) is 9.47 Å². The molecule has 0 radical (unpaired) electrons. The van der Waals surface area contributed by atoms with Gasteiger partial charge in [0.1, 0.15) is 12.4 Å². The van der Waals surface area contributed by atoms with Gasteiger partial charge in [-0.1, -0.05) is 37.6 Å². The topological polar surface area (TPSA) is 18.5 Å². The van der Waals surface area contributed by atoms with Gasteiger partial charge in [0.25, 0.3) is 0 Å². The summed E-state index contributed by atoms with van der Waals surface area (Å²) in [5.74, 6) is -5.01. The molecule has 34 heavy (non-hydrogen) atoms. The molecule has 8 heteroatoms. The van der Waals surface area contributed by atoms with E-state index in [1.165, 1.54) is 36.4 Å². The van der Waals surface area contributed by atoms with Gasteiger partial charge in [-0.3, -0.25) is 0 Å². The molecule has 0 saturated carbocycles. The highest BCUT2D eigenvalue weighted by Gasteiger charge is 2.40. The van der Waals surface area contributed by atoms with Gasteiger partial charge < -0.3 is 9.47 Å². The summed E-state index contributed by atoms with van der Waals surface area (Å²) in [6.45, 7) is 3.03. The van der Waals surface area contributed by atoms with Crippen molar-refractivity contribution in [3.8, 4) is 22.6 Å². The number of hydrogen-bond acceptors (Lipinski definition) is 2. The fourth-order valence-electron chi connectivity index (χ4n) is 4.19. The summed E-state index contributed by atoms with van der Waals surface area (Å²) < 4.78 is 98.8. The number of hydrogen-bond donors (Lipinski definition) is 0. The molecule has 0 aromatic heterocycles. The molecule has 0 heterocycles. The van der Waals surface area contributed by atoms with Gasteiger partial charge in [0.15, 0.2) is 35.5 Å². The fraction of sp³-hybridized carbons (Fsp3) is 0.308. The van der Waals surface area contributed by atoms with E-state index >= 15 is 8.78 Å². The smallest absolute Gasteiger partial charge is 0.200 e. The molecule has 2 nitrogen and oxygen atoms in total. The zero-order valence-corrected chi connectivity index (χ0v) is 18.5. The van der Waals surface area contributed by atoms with Crippen LogP contribution >= 0.6 is 0 Å². The minimum Gasteiger partial charge on any atom is -0.491 e. The van der Waals surface area contributed by atoms with E-state index in [1.54, 1.807) is 6.92 Å². The SMILES string of the molecule is CCCc1ccc(OCc2ccc3c(c2F)C(F)C(F)c2c-3ccc(OCC)c2F)c(F)c1F. The van der Waals surface area contributed by atoms with Gasteiger partial charge in [0, 0.05) is 16.7 Å². The van der Waals surface area contributed by atoms with E-state index in [2.05, 4.69) is 0 Å². The Kier molecular flexibility index (Phi) is 6.77. The quantitative estimate of drug-likeness (QED) is 0.320. The average molecular weight is 480 g/mol. The standard InChI is InChI=1S/C26H22F6O2/c1-3-5-13-7-10-18(24(30)22(13)28)34-12-14-6-8-15-16-9-11-17(33-4-2)23(29)20(16)26(32)25(31)19(15)21(14)27/h6-11,25-26H,3-5,12H2,1-2H3. The summed E-state index contributed by atoms with van der Waals surface area (Å²) in [6.07, 6.45) is -3.96. The van der Waals surface area contributed by atoms with Crippen LogP contribution in [0.2, 0.25) is 0 Å². The van der Waals surface area contributed by atoms with Gasteiger partial charge in [-0.2, -0.15) is 4.39 Å². The molecule has 2 unspecified atom stereocenters. The summed E-state index contributed by atoms with van der Waals surface area (Å²) in [5, 5.41) is 0. The van der Waals surface area contributed by atoms with Gasteiger partial charge in [0.05, 0.1) is 6.61 Å². The maximum Gasteiger partial charge on any atom is 0.200 e. The van der Waals surface area contributed by atoms with Crippen molar-refractivity contribution in [2.24, 2.45) is 0 Å². The van der Waals surface area contributed by atoms with Crippen LogP contribution in [0.25, 0.3) is 11.1 Å². The van der Waals surface area contributed by atoms with Crippen molar-refractivity contribution in [3.63, 3.8) is 0 Å². The second-order valence-electron chi connectivity index (χ2n) is 7.96. The second kappa shape index (κ2) is 9.60. The van der Waals surface area contributed by atoms with Gasteiger partial charge in [0.2, 0.25) is 5.82 Å². The van der Waals surface area contributed by atoms with Crippen LogP contribution in [0.1, 0.15) is 54.9 Å². The number of alkyl halides is 2. The molecular weight excluding hydrogens is 458 g/mol.